The number of carboxylic acids is 1. The number of nitrogens with two attached hydrogens (primary N) is 3. The van der Waals surface area contributed by atoms with E-state index in [9.17, 15) is 43.5 Å². The molecule has 0 unspecified atom stereocenters. The Hall–Kier alpha value is -4.27. The molecule has 0 aromatic carbocycles. The van der Waals surface area contributed by atoms with Crippen LogP contribution in [0.3, 0.4) is 0 Å². The minimum absolute atomic E-state index is 0.0182. The molecule has 4 atom stereocenters. The van der Waals surface area contributed by atoms with Crippen LogP contribution >= 0.6 is 21.6 Å². The summed E-state index contributed by atoms with van der Waals surface area (Å²) in [5.74, 6) is -7.30. The van der Waals surface area contributed by atoms with Crippen LogP contribution in [0.5, 0.6) is 0 Å². The van der Waals surface area contributed by atoms with Gasteiger partial charge in [0.25, 0.3) is 0 Å². The van der Waals surface area contributed by atoms with Crippen molar-refractivity contribution in [2.75, 3.05) is 32.4 Å². The molecule has 0 aromatic heterocycles. The molecule has 0 saturated carbocycles. The Morgan fingerprint density at radius 1 is 1.02 bits per heavy atom. The largest absolute Gasteiger partial charge is 0.481 e. The van der Waals surface area contributed by atoms with Gasteiger partial charge in [-0.05, 0) is 26.7 Å². The molecule has 258 valence electrons. The van der Waals surface area contributed by atoms with E-state index in [2.05, 4.69) is 31.6 Å². The summed E-state index contributed by atoms with van der Waals surface area (Å²) >= 11 is 0. The van der Waals surface area contributed by atoms with Crippen molar-refractivity contribution < 1.29 is 43.5 Å². The van der Waals surface area contributed by atoms with Gasteiger partial charge < -0.3 is 53.8 Å². The molecule has 0 aliphatic carbocycles. The van der Waals surface area contributed by atoms with Crippen molar-refractivity contribution in [1.29, 1.82) is 0 Å². The fraction of sp³-hybridized carbons (Fsp3) is 0.640. The molecule has 1 heterocycles. The van der Waals surface area contributed by atoms with Gasteiger partial charge in [0.2, 0.25) is 41.4 Å². The van der Waals surface area contributed by atoms with Crippen LogP contribution in [0.4, 0.5) is 0 Å². The van der Waals surface area contributed by atoms with E-state index in [4.69, 9.17) is 17.2 Å². The number of aliphatic carboxylic acids is 1. The van der Waals surface area contributed by atoms with E-state index in [1.807, 2.05) is 0 Å². The Balaban J connectivity index is 3.42. The summed E-state index contributed by atoms with van der Waals surface area (Å²) < 4.78 is -1.15. The smallest absolute Gasteiger partial charge is 0.305 e. The third-order valence-corrected chi connectivity index (χ3v) is 9.56. The molecule has 0 bridgehead atoms. The van der Waals surface area contributed by atoms with Gasteiger partial charge in [0, 0.05) is 31.0 Å². The van der Waals surface area contributed by atoms with Gasteiger partial charge in [0.15, 0.2) is 5.96 Å². The van der Waals surface area contributed by atoms with Gasteiger partial charge in [0.05, 0.1) is 19.5 Å². The Labute approximate surface area is 273 Å². The maximum absolute atomic E-state index is 13.2. The van der Waals surface area contributed by atoms with Crippen molar-refractivity contribution in [3.63, 3.8) is 0 Å². The van der Waals surface area contributed by atoms with Gasteiger partial charge >= 0.3 is 5.97 Å². The predicted molar refractivity (Wildman–Crippen MR) is 170 cm³/mol. The number of guanidine groups is 1. The van der Waals surface area contributed by atoms with Crippen molar-refractivity contribution >= 4 is 74.9 Å². The molecular weight excluding hydrogens is 648 g/mol. The molecule has 19 nitrogen and oxygen atoms in total. The number of carbonyl (C=O) groups excluding carboxylic acids is 7. The van der Waals surface area contributed by atoms with E-state index in [1.54, 1.807) is 13.8 Å². The highest BCUT2D eigenvalue weighted by molar-refractivity contribution is 8.77. The van der Waals surface area contributed by atoms with Crippen molar-refractivity contribution in [3.8, 4) is 0 Å². The summed E-state index contributed by atoms with van der Waals surface area (Å²) in [6, 6.07) is -5.35. The second kappa shape index (κ2) is 18.6. The number of nitrogens with one attached hydrogen (secondary N) is 5. The van der Waals surface area contributed by atoms with Crippen LogP contribution in [0.2, 0.25) is 0 Å². The second-order valence-corrected chi connectivity index (χ2v) is 13.8. The fourth-order valence-corrected chi connectivity index (χ4v) is 6.86. The van der Waals surface area contributed by atoms with E-state index < -0.39 is 95.7 Å². The number of carboxylic acid groups (broad SMARTS) is 1. The first-order valence-corrected chi connectivity index (χ1v) is 16.2. The van der Waals surface area contributed by atoms with Crippen LogP contribution in [0.15, 0.2) is 4.99 Å². The SMILES string of the molecule is CC(=O)N[C@@H]1CSSC(C)(C)[C@H](C(N)=O)NC(=O)[C@@H](CC(=O)O)NC(=O)CNC(=O)[C@@H](CCCN=C(N)N)NC(=O)CN(C)C1=O. The molecule has 1 aliphatic heterocycles. The normalized spacial score (nSPS) is 23.9. The molecule has 1 fully saturated rings. The topological polar surface area (TPSA) is 311 Å². The first kappa shape index (κ1) is 39.8. The molecule has 1 saturated heterocycles. The Bertz CT molecular complexity index is 1210. The molecule has 0 radical (unpaired) electrons. The number of aliphatic imine (C=N–C) groups is 1. The van der Waals surface area contributed by atoms with E-state index in [0.717, 1.165) is 26.5 Å². The summed E-state index contributed by atoms with van der Waals surface area (Å²) in [7, 11) is 3.44. The van der Waals surface area contributed by atoms with E-state index in [-0.39, 0.29) is 31.1 Å². The van der Waals surface area contributed by atoms with Gasteiger partial charge in [-0.25, -0.2) is 0 Å². The van der Waals surface area contributed by atoms with Crippen LogP contribution < -0.4 is 43.8 Å². The standard InChI is InChI=1S/C25H42N10O9S2/c1-12(36)31-15-11-45-46-25(2,3)19(20(26)41)34-22(43)14(8-18(39)40)33-16(37)9-30-21(42)13(6-5-7-29-24(27)28)32-17(38)10-35(4)23(15)44/h13-15,19H,5-11H2,1-4H3,(H2,26,41)(H,30,42)(H,31,36)(H,32,38)(H,33,37)(H,34,43)(H,39,40)(H4,27,28,29)/t13-,14-,15-,19+/m1/s1. The zero-order chi connectivity index (χ0) is 35.2. The number of amides is 7. The zero-order valence-corrected chi connectivity index (χ0v) is 27.5. The van der Waals surface area contributed by atoms with E-state index in [0.29, 0.717) is 0 Å². The lowest BCUT2D eigenvalue weighted by molar-refractivity contribution is -0.141. The average Bonchev–Trinajstić information content (AvgIpc) is 2.93. The Kier molecular flexibility index (Phi) is 16.1. The molecule has 1 rings (SSSR count). The predicted octanol–water partition coefficient (Wildman–Crippen LogP) is -4.29. The Morgan fingerprint density at radius 3 is 2.22 bits per heavy atom. The quantitative estimate of drug-likeness (QED) is 0.0505. The highest BCUT2D eigenvalue weighted by atomic mass is 33.1. The molecule has 0 aromatic rings. The minimum atomic E-state index is -1.66. The molecule has 1 aliphatic rings. The zero-order valence-electron chi connectivity index (χ0n) is 25.9. The summed E-state index contributed by atoms with van der Waals surface area (Å²) in [6.07, 6.45) is -0.615. The lowest BCUT2D eigenvalue weighted by Crippen LogP contribution is -2.60. The Morgan fingerprint density at radius 2 is 1.65 bits per heavy atom. The lowest BCUT2D eigenvalue weighted by Gasteiger charge is -2.33. The molecule has 7 amide bonds. The highest BCUT2D eigenvalue weighted by Crippen LogP contribution is 2.38. The molecule has 21 heteroatoms. The number of primary amides is 1. The van der Waals surface area contributed by atoms with Gasteiger partial charge in [-0.15, -0.1) is 0 Å². The van der Waals surface area contributed by atoms with Gasteiger partial charge in [-0.2, -0.15) is 0 Å². The third kappa shape index (κ3) is 14.2. The summed E-state index contributed by atoms with van der Waals surface area (Å²) in [6.45, 7) is 3.23. The van der Waals surface area contributed by atoms with Crippen LogP contribution in [-0.2, 0) is 38.4 Å². The summed E-state index contributed by atoms with van der Waals surface area (Å²) in [4.78, 5) is 106. The molecule has 0 spiro atoms. The first-order chi connectivity index (χ1) is 21.3. The number of hydrogen-bond acceptors (Lipinski definition) is 11. The fourth-order valence-electron chi connectivity index (χ4n) is 4.04. The van der Waals surface area contributed by atoms with Crippen molar-refractivity contribution in [2.24, 2.45) is 22.2 Å². The van der Waals surface area contributed by atoms with Crippen LogP contribution in [0.25, 0.3) is 0 Å². The average molecular weight is 691 g/mol. The van der Waals surface area contributed by atoms with Crippen LogP contribution in [-0.4, -0.2) is 125 Å². The van der Waals surface area contributed by atoms with Crippen LogP contribution in [0.1, 0.15) is 40.0 Å². The third-order valence-electron chi connectivity index (χ3n) is 6.26. The van der Waals surface area contributed by atoms with E-state index in [1.165, 1.54) is 14.0 Å². The lowest BCUT2D eigenvalue weighted by atomic mass is 10.0. The minimum Gasteiger partial charge on any atom is -0.481 e. The number of hydrogen-bond donors (Lipinski definition) is 9. The number of likely N-dealkylation sites (N-methyl/N-ethyl adjacent to an activating group) is 1. The van der Waals surface area contributed by atoms with E-state index >= 15 is 0 Å². The first-order valence-electron chi connectivity index (χ1n) is 13.9. The van der Waals surface area contributed by atoms with Crippen molar-refractivity contribution in [3.05, 3.63) is 0 Å². The second-order valence-electron chi connectivity index (χ2n) is 10.8. The van der Waals surface area contributed by atoms with Crippen molar-refractivity contribution in [1.82, 2.24) is 31.5 Å². The maximum atomic E-state index is 13.2. The van der Waals surface area contributed by atoms with Gasteiger partial charge in [-0.1, -0.05) is 21.6 Å². The number of carbonyl (C=O) groups is 8. The molecule has 46 heavy (non-hydrogen) atoms. The van der Waals surface area contributed by atoms with Crippen LogP contribution in [0, 0.1) is 0 Å². The molecular formula is C25H42N10O9S2. The monoisotopic (exact) mass is 690 g/mol. The number of rotatable bonds is 8. The molecule has 12 N–H and O–H groups in total. The highest BCUT2D eigenvalue weighted by Gasteiger charge is 2.39. The van der Waals surface area contributed by atoms with Gasteiger partial charge in [0.1, 0.15) is 24.2 Å². The summed E-state index contributed by atoms with van der Waals surface area (Å²) in [5.41, 5.74) is 16.2. The maximum Gasteiger partial charge on any atom is 0.305 e. The number of nitrogens with zero attached hydrogens (tertiary/aromatic N) is 2. The van der Waals surface area contributed by atoms with Gasteiger partial charge in [-0.3, -0.25) is 43.3 Å². The summed E-state index contributed by atoms with van der Waals surface area (Å²) in [5, 5.41) is 21.3. The van der Waals surface area contributed by atoms with Crippen molar-refractivity contribution in [2.45, 2.75) is 68.9 Å².